The number of aliphatic hydroxyl groups is 4. The SMILES string of the molecule is CC(C)(C)CCC1(C)C(=O)C(C2=NP(=O)(O)c3cc(NS(C)(=O)=O)ccc3N2)=C(O)c2ccccc21.CC(C)CCC1(C)C(=O)C(C2=NP(=O)(O)c3cc(NS(C)(=O)=O)ccc3N2)=C(O)c2ccccc21.CC1(CC2CC2)C(=O)C(C2=NP(=O)(O)c3cc(NS(C)(=O)=O)ccc3N2)=C(O)c2ccccc21.CCC(C)CCC1(C)C(=O)C(C2=NP(=O)(O)c3cc(NS(C)(=O)=O)ccc3N2)=C(O)c2ccccc21. The third-order valence-electron chi connectivity index (χ3n) is 26.2. The van der Waals surface area contributed by atoms with Crippen LogP contribution in [0.3, 0.4) is 0 Å². The predicted octanol–water partition coefficient (Wildman–Crippen LogP) is 15.9. The first kappa shape index (κ1) is 105. The summed E-state index contributed by atoms with van der Waals surface area (Å²) in [5.41, 5.74) is 1.53. The number of Topliss-reactive ketones (excluding diaryl/α,β-unsaturated/α-hetero) is 4. The Kier molecular flexibility index (Phi) is 28.4. The average molecular weight is 2080 g/mol. The van der Waals surface area contributed by atoms with E-state index in [4.69, 9.17) is 0 Å². The number of carbonyl (C=O) groups excluding carboxylic acids is 4. The van der Waals surface area contributed by atoms with Crippen molar-refractivity contribution in [2.45, 2.75) is 162 Å². The van der Waals surface area contributed by atoms with Crippen LogP contribution >= 0.6 is 30.1 Å². The van der Waals surface area contributed by atoms with Crippen LogP contribution < -0.4 is 61.4 Å². The molecule has 1 fully saturated rings. The van der Waals surface area contributed by atoms with Gasteiger partial charge in [0.1, 0.15) is 68.7 Å². The number of nitrogens with zero attached hydrogens (tertiary/aromatic N) is 4. The largest absolute Gasteiger partial charge is 0.506 e. The van der Waals surface area contributed by atoms with E-state index in [-0.39, 0.29) is 158 Å². The lowest BCUT2D eigenvalue weighted by molar-refractivity contribution is -0.121. The number of ketones is 4. The van der Waals surface area contributed by atoms with Crippen LogP contribution in [0.25, 0.3) is 23.0 Å². The molecule has 0 amide bonds. The number of hydrogen-bond donors (Lipinski definition) is 16. The first-order valence-electron chi connectivity index (χ1n) is 45.0. The Hall–Kier alpha value is -11.8. The van der Waals surface area contributed by atoms with Crippen molar-refractivity contribution in [1.29, 1.82) is 0 Å². The lowest BCUT2D eigenvalue weighted by atomic mass is 9.65. The fourth-order valence-corrected chi connectivity index (χ4v) is 25.7. The summed E-state index contributed by atoms with van der Waals surface area (Å²) in [6.45, 7) is 21.9. The van der Waals surface area contributed by atoms with E-state index in [0.29, 0.717) is 82.4 Å². The van der Waals surface area contributed by atoms with Gasteiger partial charge in [-0.15, -0.1) is 0 Å². The Morgan fingerprint density at radius 2 is 0.624 bits per heavy atom. The minimum absolute atomic E-state index is 0.0420. The topological polar surface area (TPSA) is 581 Å². The van der Waals surface area contributed by atoms with Gasteiger partial charge < -0.3 is 61.3 Å². The smallest absolute Gasteiger partial charge is 0.346 e. The second-order valence-corrected chi connectivity index (χ2v) is 53.4. The van der Waals surface area contributed by atoms with Crippen LogP contribution in [0.4, 0.5) is 45.5 Å². The summed E-state index contributed by atoms with van der Waals surface area (Å²) >= 11 is 0. The molecule has 17 rings (SSSR count). The number of fused-ring (bicyclic) bond motifs is 8. The number of aliphatic hydroxyl groups excluding tert-OH is 4. The van der Waals surface area contributed by atoms with Crippen molar-refractivity contribution in [3.05, 3.63) is 237 Å². The number of rotatable bonds is 23. The van der Waals surface area contributed by atoms with Crippen LogP contribution in [0.15, 0.2) is 211 Å². The molecule has 5 aliphatic carbocycles. The summed E-state index contributed by atoms with van der Waals surface area (Å²) in [7, 11) is -32.0. The second-order valence-electron chi connectivity index (χ2n) is 39.3. The van der Waals surface area contributed by atoms with E-state index < -0.39 is 97.6 Å². The van der Waals surface area contributed by atoms with Crippen molar-refractivity contribution >= 4 is 206 Å². The maximum atomic E-state index is 14.0. The van der Waals surface area contributed by atoms with E-state index in [0.717, 1.165) is 69.1 Å². The second kappa shape index (κ2) is 38.2. The van der Waals surface area contributed by atoms with Gasteiger partial charge in [-0.3, -0.25) is 56.3 Å². The Labute approximate surface area is 818 Å². The molecule has 4 aliphatic heterocycles. The van der Waals surface area contributed by atoms with Gasteiger partial charge in [-0.05, 0) is 191 Å². The molecule has 0 saturated heterocycles. The van der Waals surface area contributed by atoms with Crippen molar-refractivity contribution in [1.82, 2.24) is 0 Å². The van der Waals surface area contributed by atoms with Gasteiger partial charge in [-0.1, -0.05) is 165 Å². The van der Waals surface area contributed by atoms with Crippen molar-refractivity contribution in [2.75, 3.05) is 65.2 Å². The highest BCUT2D eigenvalue weighted by molar-refractivity contribution is 7.92. The normalized spacial score (nSPS) is 24.6. The highest BCUT2D eigenvalue weighted by Gasteiger charge is 2.54. The van der Waals surface area contributed by atoms with E-state index in [1.54, 1.807) is 48.5 Å². The number of hydrogen-bond acceptors (Lipinski definition) is 24. The average Bonchev–Trinajstić information content (AvgIpc) is 1.70. The molecule has 0 spiro atoms. The van der Waals surface area contributed by atoms with Crippen LogP contribution in [0.5, 0.6) is 0 Å². The van der Waals surface area contributed by atoms with E-state index in [2.05, 4.69) is 108 Å². The summed E-state index contributed by atoms with van der Waals surface area (Å²) in [6, 6.07) is 44.8. The van der Waals surface area contributed by atoms with Gasteiger partial charge in [-0.25, -0.2) is 33.7 Å². The lowest BCUT2D eigenvalue weighted by Crippen LogP contribution is -2.43. The molecule has 9 atom stereocenters. The summed E-state index contributed by atoms with van der Waals surface area (Å²) in [4.78, 5) is 98.7. The van der Waals surface area contributed by atoms with E-state index in [1.807, 2.05) is 76.2 Å². The molecule has 0 bridgehead atoms. The zero-order chi connectivity index (χ0) is 103. The van der Waals surface area contributed by atoms with Crippen LogP contribution in [-0.4, -0.2) is 145 Å². The molecular weight excluding hydrogens is 1970 g/mol. The molecular formula is C97H112N12O24P4S4. The standard InChI is InChI=1S/2C25H30N3O6PS.C24H28N3O6PS.C23H24N3O6PS/c1-24(2,3)12-13-25(4)17-9-7-6-8-16(17)21(29)20(22(25)30)23-26-18-11-10-15(28-36(5,33)34)14-19(18)35(31,32)27-23;1-5-15(2)12-13-25(3)18-9-7-6-8-17(18)22(29)21(23(25)30)24-26-19-11-10-16(28-36(4,33)34)14-20(19)35(31,32)27-24;1-14(2)11-12-24(3)17-8-6-5-7-16(17)21(28)20(22(24)29)23-25-18-10-9-15(27-35(4,32)33)13-19(18)34(30,31)26-23;1-23(12-13-7-8-13)16-6-4-3-5-15(16)20(27)19(21(23)28)22-24-17-10-9-14(26-34(2,31)32)11-18(17)33(29,30)25-22/h6-11,14,28-29H,12-13H2,1-5H3,(H2,26,27,31,32);6-11,14-15,28-29H,5,12-13H2,1-4H3,(H2,26,27,31,32);5-10,13-14,27-28H,11-12H2,1-4H3,(H2,25,26,30,31);3-6,9-11,13,26-27H,7-8,12H2,1-2H3,(H2,24,25,29,30). The summed E-state index contributed by atoms with van der Waals surface area (Å²) < 4.78 is 170. The molecule has 9 aliphatic rings. The third-order valence-corrected chi connectivity index (χ3v) is 34.5. The fraction of sp³-hybridized carbons (Fsp3) is 0.340. The van der Waals surface area contributed by atoms with Crippen molar-refractivity contribution in [2.24, 2.45) is 42.2 Å². The zero-order valence-corrected chi connectivity index (χ0v) is 86.6. The van der Waals surface area contributed by atoms with Crippen molar-refractivity contribution in [3.8, 4) is 0 Å². The van der Waals surface area contributed by atoms with E-state index in [9.17, 15) is 111 Å². The van der Waals surface area contributed by atoms with Crippen molar-refractivity contribution in [3.63, 3.8) is 0 Å². The molecule has 141 heavy (non-hydrogen) atoms. The van der Waals surface area contributed by atoms with Gasteiger partial charge in [0.15, 0.2) is 23.1 Å². The minimum Gasteiger partial charge on any atom is -0.506 e. The summed E-state index contributed by atoms with van der Waals surface area (Å²) in [6.07, 6.45) is 11.4. The Balaban J connectivity index is 0.000000150. The third kappa shape index (κ3) is 21.9. The van der Waals surface area contributed by atoms with Gasteiger partial charge in [0.25, 0.3) is 0 Å². The van der Waals surface area contributed by atoms with Crippen LogP contribution in [0.1, 0.15) is 185 Å². The minimum atomic E-state index is -4.42. The highest BCUT2D eigenvalue weighted by atomic mass is 32.2. The number of amidine groups is 4. The molecule has 8 aromatic carbocycles. The first-order valence-corrected chi connectivity index (χ1v) is 59.0. The number of sulfonamides is 4. The number of nitrogens with one attached hydrogen (secondary N) is 8. The summed E-state index contributed by atoms with van der Waals surface area (Å²) in [5, 5.41) is 55.8. The van der Waals surface area contributed by atoms with Crippen LogP contribution in [0.2, 0.25) is 0 Å². The van der Waals surface area contributed by atoms with Gasteiger partial charge in [-0.2, -0.15) is 19.1 Å². The van der Waals surface area contributed by atoms with Gasteiger partial charge in [0.05, 0.1) is 90.7 Å². The molecule has 1 saturated carbocycles. The monoisotopic (exact) mass is 2080 g/mol. The molecule has 36 nitrogen and oxygen atoms in total. The molecule has 9 unspecified atom stereocenters. The Morgan fingerprint density at radius 1 is 0.383 bits per heavy atom. The molecule has 0 aromatic heterocycles. The molecule has 44 heteroatoms. The van der Waals surface area contributed by atoms with Crippen LogP contribution in [0, 0.1) is 23.2 Å². The molecule has 16 N–H and O–H groups in total. The van der Waals surface area contributed by atoms with Crippen molar-refractivity contribution < 1.29 is 111 Å². The Morgan fingerprint density at radius 3 is 0.865 bits per heavy atom. The fourth-order valence-electron chi connectivity index (χ4n) is 18.4. The molecule has 0 radical (unpaired) electrons. The van der Waals surface area contributed by atoms with Gasteiger partial charge in [0.2, 0.25) is 40.1 Å². The first-order chi connectivity index (χ1) is 65.4. The van der Waals surface area contributed by atoms with Gasteiger partial charge in [0, 0.05) is 45.0 Å². The molecule has 748 valence electrons. The molecule has 4 heterocycles. The Bertz CT molecular complexity index is 7630. The number of anilines is 8. The quantitative estimate of drug-likeness (QED) is 0.0264. The maximum Gasteiger partial charge on any atom is 0.346 e. The predicted molar refractivity (Wildman–Crippen MR) is 554 cm³/mol. The lowest BCUT2D eigenvalue weighted by Gasteiger charge is -2.38. The number of benzene rings is 8. The number of carbonyl (C=O) groups is 4. The zero-order valence-electron chi connectivity index (χ0n) is 79.8. The van der Waals surface area contributed by atoms with E-state index in [1.165, 1.54) is 72.8 Å². The van der Waals surface area contributed by atoms with Crippen LogP contribution in [-0.2, 0) is 99.2 Å². The van der Waals surface area contributed by atoms with Gasteiger partial charge >= 0.3 is 30.1 Å². The summed E-state index contributed by atoms with van der Waals surface area (Å²) in [5.74, 6) is -2.35. The maximum absolute atomic E-state index is 14.0. The highest BCUT2D eigenvalue weighted by Crippen LogP contribution is 2.57. The molecule has 8 aromatic rings. The van der Waals surface area contributed by atoms with E-state index >= 15 is 0 Å².